The molecule has 2 aromatic carbocycles. The minimum atomic E-state index is -0.560. The van der Waals surface area contributed by atoms with Crippen molar-refractivity contribution in [3.05, 3.63) is 59.2 Å². The zero-order valence-corrected chi connectivity index (χ0v) is 13.7. The highest BCUT2D eigenvalue weighted by molar-refractivity contribution is 5.92. The summed E-state index contributed by atoms with van der Waals surface area (Å²) in [7, 11) is 0. The molecule has 1 unspecified atom stereocenters. The molecule has 0 saturated heterocycles. The summed E-state index contributed by atoms with van der Waals surface area (Å²) < 4.78 is 5.75. The van der Waals surface area contributed by atoms with E-state index >= 15 is 0 Å². The second kappa shape index (κ2) is 4.98. The highest BCUT2D eigenvalue weighted by Gasteiger charge is 2.39. The predicted octanol–water partition coefficient (Wildman–Crippen LogP) is 4.69. The highest BCUT2D eigenvalue weighted by atomic mass is 16.6. The van der Waals surface area contributed by atoms with Gasteiger partial charge in [-0.2, -0.15) is 0 Å². The lowest BCUT2D eigenvalue weighted by molar-refractivity contribution is -0.153. The van der Waals surface area contributed by atoms with Gasteiger partial charge in [0.05, 0.1) is 0 Å². The second-order valence-electron chi connectivity index (χ2n) is 6.90. The average molecular weight is 294 g/mol. The molecule has 3 rings (SSSR count). The first-order valence-electron chi connectivity index (χ1n) is 7.70. The van der Waals surface area contributed by atoms with Crippen molar-refractivity contribution in [1.29, 1.82) is 0 Å². The first kappa shape index (κ1) is 14.8. The Hall–Kier alpha value is -2.09. The topological polar surface area (TPSA) is 26.3 Å². The molecule has 0 radical (unpaired) electrons. The Labute approximate surface area is 131 Å². The van der Waals surface area contributed by atoms with Gasteiger partial charge < -0.3 is 4.74 Å². The van der Waals surface area contributed by atoms with E-state index in [0.717, 1.165) is 6.42 Å². The monoisotopic (exact) mass is 294 g/mol. The Kier molecular flexibility index (Phi) is 3.36. The number of esters is 1. The molecule has 114 valence electrons. The van der Waals surface area contributed by atoms with Gasteiger partial charge in [0.1, 0.15) is 5.60 Å². The van der Waals surface area contributed by atoms with E-state index in [9.17, 15) is 4.79 Å². The summed E-state index contributed by atoms with van der Waals surface area (Å²) in [4.78, 5) is 12.0. The molecular weight excluding hydrogens is 272 g/mol. The lowest BCUT2D eigenvalue weighted by Gasteiger charge is -2.32. The molecule has 2 heteroatoms. The smallest absolute Gasteiger partial charge is 0.333 e. The SMILES string of the molecule is C=C(C)C(=O)OC(C)(C)C1Cc2cccc3cc(C)cc1c23. The van der Waals surface area contributed by atoms with E-state index in [1.54, 1.807) is 6.92 Å². The van der Waals surface area contributed by atoms with E-state index in [-0.39, 0.29) is 11.9 Å². The van der Waals surface area contributed by atoms with Crippen molar-refractivity contribution in [2.24, 2.45) is 0 Å². The molecule has 0 N–H and O–H groups in total. The van der Waals surface area contributed by atoms with Gasteiger partial charge in [0.25, 0.3) is 0 Å². The molecule has 0 spiro atoms. The van der Waals surface area contributed by atoms with E-state index in [2.05, 4.69) is 43.8 Å². The number of ether oxygens (including phenoxy) is 1. The minimum Gasteiger partial charge on any atom is -0.456 e. The lowest BCUT2D eigenvalue weighted by Crippen LogP contribution is -2.35. The zero-order valence-electron chi connectivity index (χ0n) is 13.7. The normalized spacial score (nSPS) is 16.8. The van der Waals surface area contributed by atoms with Gasteiger partial charge in [-0.25, -0.2) is 4.79 Å². The van der Waals surface area contributed by atoms with Gasteiger partial charge in [-0.3, -0.25) is 0 Å². The van der Waals surface area contributed by atoms with Crippen LogP contribution in [0.2, 0.25) is 0 Å². The van der Waals surface area contributed by atoms with Crippen LogP contribution in [0.25, 0.3) is 10.8 Å². The van der Waals surface area contributed by atoms with Crippen LogP contribution < -0.4 is 0 Å². The third-order valence-corrected chi connectivity index (χ3v) is 4.58. The summed E-state index contributed by atoms with van der Waals surface area (Å²) in [5.74, 6) is -0.138. The second-order valence-corrected chi connectivity index (χ2v) is 6.90. The first-order chi connectivity index (χ1) is 10.3. The summed E-state index contributed by atoms with van der Waals surface area (Å²) in [6, 6.07) is 10.9. The van der Waals surface area contributed by atoms with Crippen molar-refractivity contribution in [3.8, 4) is 0 Å². The first-order valence-corrected chi connectivity index (χ1v) is 7.70. The molecule has 1 aliphatic rings. The van der Waals surface area contributed by atoms with Gasteiger partial charge in [-0.05, 0) is 56.0 Å². The van der Waals surface area contributed by atoms with Crippen LogP contribution in [0.4, 0.5) is 0 Å². The van der Waals surface area contributed by atoms with Gasteiger partial charge >= 0.3 is 5.97 Å². The summed E-state index contributed by atoms with van der Waals surface area (Å²) in [5, 5.41) is 2.61. The van der Waals surface area contributed by atoms with Crippen LogP contribution in [-0.2, 0) is 16.0 Å². The zero-order chi connectivity index (χ0) is 16.1. The van der Waals surface area contributed by atoms with E-state index in [0.29, 0.717) is 5.57 Å². The Balaban J connectivity index is 2.06. The average Bonchev–Trinajstić information content (AvgIpc) is 2.79. The molecule has 22 heavy (non-hydrogen) atoms. The van der Waals surface area contributed by atoms with E-state index in [1.807, 2.05) is 13.8 Å². The molecule has 2 nitrogen and oxygen atoms in total. The minimum absolute atomic E-state index is 0.176. The summed E-state index contributed by atoms with van der Waals surface area (Å²) in [6.45, 7) is 11.5. The third-order valence-electron chi connectivity index (χ3n) is 4.58. The maximum atomic E-state index is 12.0. The van der Waals surface area contributed by atoms with Gasteiger partial charge in [0.2, 0.25) is 0 Å². The number of benzene rings is 2. The molecule has 0 aliphatic heterocycles. The van der Waals surface area contributed by atoms with E-state index in [1.165, 1.54) is 27.5 Å². The number of carbonyl (C=O) groups is 1. The number of carbonyl (C=O) groups excluding carboxylic acids is 1. The standard InChI is InChI=1S/C20H22O2/c1-12(2)19(21)22-20(4,5)17-11-15-8-6-7-14-9-13(3)10-16(17)18(14)15/h6-10,17H,1,11H2,2-5H3. The third kappa shape index (κ3) is 2.33. The van der Waals surface area contributed by atoms with Crippen molar-refractivity contribution in [1.82, 2.24) is 0 Å². The van der Waals surface area contributed by atoms with E-state index in [4.69, 9.17) is 4.74 Å². The Morgan fingerprint density at radius 3 is 2.73 bits per heavy atom. The van der Waals surface area contributed by atoms with Crippen molar-refractivity contribution in [2.75, 3.05) is 0 Å². The largest absolute Gasteiger partial charge is 0.456 e. The van der Waals surface area contributed by atoms with Crippen LogP contribution in [0.5, 0.6) is 0 Å². The van der Waals surface area contributed by atoms with Crippen LogP contribution in [0, 0.1) is 6.92 Å². The van der Waals surface area contributed by atoms with Crippen molar-refractivity contribution < 1.29 is 9.53 Å². The maximum absolute atomic E-state index is 12.0. The van der Waals surface area contributed by atoms with Gasteiger partial charge in [-0.15, -0.1) is 0 Å². The van der Waals surface area contributed by atoms with Crippen LogP contribution in [0.15, 0.2) is 42.5 Å². The van der Waals surface area contributed by atoms with Gasteiger partial charge in [0.15, 0.2) is 0 Å². The van der Waals surface area contributed by atoms with Crippen molar-refractivity contribution in [2.45, 2.75) is 45.6 Å². The summed E-state index contributed by atoms with van der Waals surface area (Å²) >= 11 is 0. The lowest BCUT2D eigenvalue weighted by atomic mass is 9.84. The molecule has 1 aliphatic carbocycles. The molecule has 0 fully saturated rings. The fourth-order valence-corrected chi connectivity index (χ4v) is 3.49. The molecule has 0 heterocycles. The fraction of sp³-hybridized carbons (Fsp3) is 0.350. The van der Waals surface area contributed by atoms with Crippen molar-refractivity contribution >= 4 is 16.7 Å². The molecule has 2 aromatic rings. The molecule has 0 aromatic heterocycles. The van der Waals surface area contributed by atoms with Crippen LogP contribution in [0.3, 0.4) is 0 Å². The van der Waals surface area contributed by atoms with E-state index < -0.39 is 5.60 Å². The van der Waals surface area contributed by atoms with Crippen molar-refractivity contribution in [3.63, 3.8) is 0 Å². The van der Waals surface area contributed by atoms with Gasteiger partial charge in [0, 0.05) is 11.5 Å². The Bertz CT molecular complexity index is 784. The fourth-order valence-electron chi connectivity index (χ4n) is 3.49. The highest BCUT2D eigenvalue weighted by Crippen LogP contribution is 2.45. The Morgan fingerprint density at radius 1 is 1.32 bits per heavy atom. The number of hydrogen-bond donors (Lipinski definition) is 0. The van der Waals surface area contributed by atoms with Crippen LogP contribution >= 0.6 is 0 Å². The molecule has 0 amide bonds. The molecule has 0 saturated carbocycles. The summed E-state index contributed by atoms with van der Waals surface area (Å²) in [6.07, 6.45) is 0.909. The molecule has 1 atom stereocenters. The van der Waals surface area contributed by atoms with Crippen LogP contribution in [0.1, 0.15) is 43.4 Å². The van der Waals surface area contributed by atoms with Crippen LogP contribution in [-0.4, -0.2) is 11.6 Å². The number of rotatable bonds is 3. The Morgan fingerprint density at radius 2 is 2.05 bits per heavy atom. The quantitative estimate of drug-likeness (QED) is 0.606. The molecule has 0 bridgehead atoms. The predicted molar refractivity (Wildman–Crippen MR) is 90.1 cm³/mol. The number of hydrogen-bond acceptors (Lipinski definition) is 2. The van der Waals surface area contributed by atoms with Gasteiger partial charge in [-0.1, -0.05) is 42.5 Å². The molecular formula is C20H22O2. The number of aryl methyl sites for hydroxylation is 1. The summed E-state index contributed by atoms with van der Waals surface area (Å²) in [5.41, 5.74) is 3.77. The maximum Gasteiger partial charge on any atom is 0.333 e.